The summed E-state index contributed by atoms with van der Waals surface area (Å²) in [5.41, 5.74) is 1.36. The smallest absolute Gasteiger partial charge is 0.0156 e. The Balaban J connectivity index is 2.74. The molecule has 48 valence electrons. The molecule has 0 heterocycles. The molecule has 0 aromatic heterocycles. The predicted octanol–water partition coefficient (Wildman–Crippen LogP) is 2.69. The molecule has 0 saturated heterocycles. The Labute approximate surface area is 56.6 Å². The van der Waals surface area contributed by atoms with Crippen LogP contribution in [0.3, 0.4) is 0 Å². The Hall–Kier alpha value is -0.780. The largest absolute Gasteiger partial charge is 0.0988 e. The second-order valence-electron chi connectivity index (χ2n) is 2.44. The zero-order valence-electron chi connectivity index (χ0n) is 5.80. The van der Waals surface area contributed by atoms with Gasteiger partial charge in [-0.15, -0.1) is 0 Å². The number of hydrogen-bond donors (Lipinski definition) is 0. The molecule has 1 rings (SSSR count). The molecule has 0 heteroatoms. The summed E-state index contributed by atoms with van der Waals surface area (Å²) in [4.78, 5) is 0. The first-order valence-corrected chi connectivity index (χ1v) is 3.33. The van der Waals surface area contributed by atoms with Gasteiger partial charge in [-0.3, -0.25) is 0 Å². The summed E-state index contributed by atoms with van der Waals surface area (Å²) < 4.78 is 0. The van der Waals surface area contributed by atoms with Crippen molar-refractivity contribution in [3.05, 3.63) is 36.5 Å². The van der Waals surface area contributed by atoms with E-state index in [0.717, 1.165) is 6.42 Å². The fourth-order valence-electron chi connectivity index (χ4n) is 1.03. The topological polar surface area (TPSA) is 0 Å². The molecule has 1 atom stereocenters. The SMILES string of the molecule is C=CC1=CC=CCC1C. The van der Waals surface area contributed by atoms with Crippen molar-refractivity contribution >= 4 is 0 Å². The van der Waals surface area contributed by atoms with Crippen molar-refractivity contribution in [3.63, 3.8) is 0 Å². The van der Waals surface area contributed by atoms with Crippen LogP contribution in [0.25, 0.3) is 0 Å². The molecule has 1 unspecified atom stereocenters. The fraction of sp³-hybridized carbons (Fsp3) is 0.333. The highest BCUT2D eigenvalue weighted by Crippen LogP contribution is 2.19. The van der Waals surface area contributed by atoms with Gasteiger partial charge in [-0.05, 0) is 17.9 Å². The lowest BCUT2D eigenvalue weighted by atomic mass is 9.94. The Kier molecular flexibility index (Phi) is 1.88. The molecule has 0 aromatic carbocycles. The molecule has 0 bridgehead atoms. The van der Waals surface area contributed by atoms with Crippen LogP contribution in [0.1, 0.15) is 13.3 Å². The Morgan fingerprint density at radius 1 is 1.78 bits per heavy atom. The molecule has 1 aliphatic rings. The van der Waals surface area contributed by atoms with E-state index in [1.165, 1.54) is 5.57 Å². The molecule has 0 nitrogen and oxygen atoms in total. The molecule has 9 heavy (non-hydrogen) atoms. The standard InChI is InChI=1S/C9H12/c1-3-9-7-5-4-6-8(9)2/h3-5,7-8H,1,6H2,2H3. The zero-order chi connectivity index (χ0) is 6.69. The molecule has 0 spiro atoms. The lowest BCUT2D eigenvalue weighted by molar-refractivity contribution is 0.704. The van der Waals surface area contributed by atoms with Crippen LogP contribution in [0.5, 0.6) is 0 Å². The highest BCUT2D eigenvalue weighted by atomic mass is 14.1. The van der Waals surface area contributed by atoms with Crippen LogP contribution < -0.4 is 0 Å². The van der Waals surface area contributed by atoms with Crippen LogP contribution in [-0.2, 0) is 0 Å². The molecular weight excluding hydrogens is 108 g/mol. The molecule has 0 saturated carbocycles. The van der Waals surface area contributed by atoms with E-state index in [2.05, 4.69) is 31.7 Å². The number of allylic oxidation sites excluding steroid dienone is 5. The van der Waals surface area contributed by atoms with E-state index < -0.39 is 0 Å². The first-order valence-electron chi connectivity index (χ1n) is 3.33. The van der Waals surface area contributed by atoms with Gasteiger partial charge < -0.3 is 0 Å². The monoisotopic (exact) mass is 120 g/mol. The van der Waals surface area contributed by atoms with Gasteiger partial charge in [0.15, 0.2) is 0 Å². The van der Waals surface area contributed by atoms with Gasteiger partial charge in [-0.2, -0.15) is 0 Å². The van der Waals surface area contributed by atoms with Crippen molar-refractivity contribution in [1.29, 1.82) is 0 Å². The van der Waals surface area contributed by atoms with Crippen LogP contribution in [0.2, 0.25) is 0 Å². The van der Waals surface area contributed by atoms with Crippen molar-refractivity contribution < 1.29 is 0 Å². The fourth-order valence-corrected chi connectivity index (χ4v) is 1.03. The highest BCUT2D eigenvalue weighted by Gasteiger charge is 2.04. The first-order chi connectivity index (χ1) is 4.34. The van der Waals surface area contributed by atoms with E-state index in [1.807, 2.05) is 6.08 Å². The van der Waals surface area contributed by atoms with E-state index in [9.17, 15) is 0 Å². The number of hydrogen-bond acceptors (Lipinski definition) is 0. The van der Waals surface area contributed by atoms with Crippen LogP contribution in [0, 0.1) is 5.92 Å². The summed E-state index contributed by atoms with van der Waals surface area (Å²) in [5.74, 6) is 0.674. The lowest BCUT2D eigenvalue weighted by Gasteiger charge is -2.12. The normalized spacial score (nSPS) is 25.4. The van der Waals surface area contributed by atoms with Crippen molar-refractivity contribution in [3.8, 4) is 0 Å². The van der Waals surface area contributed by atoms with Gasteiger partial charge in [0.25, 0.3) is 0 Å². The van der Waals surface area contributed by atoms with Gasteiger partial charge in [0.2, 0.25) is 0 Å². The molecular formula is C9H12. The quantitative estimate of drug-likeness (QED) is 0.499. The minimum Gasteiger partial charge on any atom is -0.0988 e. The third-order valence-corrected chi connectivity index (χ3v) is 1.72. The van der Waals surface area contributed by atoms with Crippen molar-refractivity contribution in [2.75, 3.05) is 0 Å². The molecule has 0 amide bonds. The lowest BCUT2D eigenvalue weighted by Crippen LogP contribution is -1.97. The molecule has 0 N–H and O–H groups in total. The Bertz CT molecular complexity index is 161. The minimum atomic E-state index is 0.674. The van der Waals surface area contributed by atoms with E-state index in [0.29, 0.717) is 5.92 Å². The summed E-state index contributed by atoms with van der Waals surface area (Å²) in [7, 11) is 0. The summed E-state index contributed by atoms with van der Waals surface area (Å²) in [6.07, 6.45) is 9.52. The van der Waals surface area contributed by atoms with Gasteiger partial charge in [-0.25, -0.2) is 0 Å². The molecule has 0 aromatic rings. The number of rotatable bonds is 1. The van der Waals surface area contributed by atoms with Crippen LogP contribution in [0.4, 0.5) is 0 Å². The van der Waals surface area contributed by atoms with E-state index in [1.54, 1.807) is 0 Å². The summed E-state index contributed by atoms with van der Waals surface area (Å²) >= 11 is 0. The molecule has 1 aliphatic carbocycles. The van der Waals surface area contributed by atoms with E-state index >= 15 is 0 Å². The second kappa shape index (κ2) is 2.67. The summed E-state index contributed by atoms with van der Waals surface area (Å²) in [5, 5.41) is 0. The van der Waals surface area contributed by atoms with Crippen molar-refractivity contribution in [2.45, 2.75) is 13.3 Å². The Morgan fingerprint density at radius 3 is 3.00 bits per heavy atom. The maximum Gasteiger partial charge on any atom is -0.0156 e. The molecule has 0 radical (unpaired) electrons. The summed E-state index contributed by atoms with van der Waals surface area (Å²) in [6, 6.07) is 0. The van der Waals surface area contributed by atoms with E-state index in [-0.39, 0.29) is 0 Å². The second-order valence-corrected chi connectivity index (χ2v) is 2.44. The third kappa shape index (κ3) is 1.32. The van der Waals surface area contributed by atoms with Crippen LogP contribution in [0.15, 0.2) is 36.5 Å². The van der Waals surface area contributed by atoms with Crippen molar-refractivity contribution in [1.82, 2.24) is 0 Å². The highest BCUT2D eigenvalue weighted by molar-refractivity contribution is 5.27. The summed E-state index contributed by atoms with van der Waals surface area (Å²) in [6.45, 7) is 5.95. The Morgan fingerprint density at radius 2 is 2.56 bits per heavy atom. The average Bonchev–Trinajstić information content (AvgIpc) is 1.89. The van der Waals surface area contributed by atoms with Gasteiger partial charge in [0, 0.05) is 0 Å². The molecule has 0 fully saturated rings. The average molecular weight is 120 g/mol. The first kappa shape index (κ1) is 6.34. The van der Waals surface area contributed by atoms with E-state index in [4.69, 9.17) is 0 Å². The minimum absolute atomic E-state index is 0.674. The van der Waals surface area contributed by atoms with Gasteiger partial charge >= 0.3 is 0 Å². The third-order valence-electron chi connectivity index (χ3n) is 1.72. The molecule has 0 aliphatic heterocycles. The van der Waals surface area contributed by atoms with Crippen LogP contribution >= 0.6 is 0 Å². The van der Waals surface area contributed by atoms with Crippen LogP contribution in [-0.4, -0.2) is 0 Å². The predicted molar refractivity (Wildman–Crippen MR) is 41.2 cm³/mol. The maximum absolute atomic E-state index is 3.73. The van der Waals surface area contributed by atoms with Gasteiger partial charge in [0.1, 0.15) is 0 Å². The van der Waals surface area contributed by atoms with Gasteiger partial charge in [-0.1, -0.05) is 37.8 Å². The maximum atomic E-state index is 3.73. The zero-order valence-corrected chi connectivity index (χ0v) is 5.80. The van der Waals surface area contributed by atoms with Crippen molar-refractivity contribution in [2.24, 2.45) is 5.92 Å². The van der Waals surface area contributed by atoms with Gasteiger partial charge in [0.05, 0.1) is 0 Å².